The highest BCUT2D eigenvalue weighted by Gasteiger charge is 2.20. The van der Waals surface area contributed by atoms with Crippen molar-refractivity contribution >= 4 is 50.0 Å². The van der Waals surface area contributed by atoms with E-state index in [1.165, 1.54) is 22.1 Å². The first-order chi connectivity index (χ1) is 21.2. The van der Waals surface area contributed by atoms with Gasteiger partial charge in [0.25, 0.3) is 5.56 Å². The fraction of sp³-hybridized carbons (Fsp3) is 0.152. The lowest BCUT2D eigenvalue weighted by atomic mass is 10.0. The minimum absolute atomic E-state index is 0.110. The molecule has 0 aliphatic heterocycles. The van der Waals surface area contributed by atoms with Crippen molar-refractivity contribution in [2.45, 2.75) is 27.3 Å². The molecule has 0 atom stereocenters. The molecule has 0 amide bonds. The molecule has 4 heterocycles. The van der Waals surface area contributed by atoms with Crippen molar-refractivity contribution in [3.05, 3.63) is 104 Å². The summed E-state index contributed by atoms with van der Waals surface area (Å²) < 4.78 is 8.41. The average molecular weight is 622 g/mol. The minimum Gasteiger partial charge on any atom is -0.491 e. The summed E-state index contributed by atoms with van der Waals surface area (Å²) >= 11 is 7.68. The number of carboxylic acids is 1. The molecule has 0 aliphatic carbocycles. The number of thiophene rings is 1. The fourth-order valence-electron chi connectivity index (χ4n) is 5.20. The summed E-state index contributed by atoms with van der Waals surface area (Å²) in [5.41, 5.74) is 5.01. The van der Waals surface area contributed by atoms with E-state index >= 15 is 0 Å². The molecule has 0 aliphatic rings. The minimum atomic E-state index is -1.05. The Morgan fingerprint density at radius 2 is 1.86 bits per heavy atom. The van der Waals surface area contributed by atoms with Gasteiger partial charge < -0.3 is 9.84 Å². The summed E-state index contributed by atoms with van der Waals surface area (Å²) in [5, 5.41) is 22.0. The third kappa shape index (κ3) is 5.17. The van der Waals surface area contributed by atoms with Crippen LogP contribution in [0.5, 0.6) is 5.75 Å². The molecule has 0 saturated carbocycles. The van der Waals surface area contributed by atoms with Gasteiger partial charge in [0.15, 0.2) is 0 Å². The predicted molar refractivity (Wildman–Crippen MR) is 171 cm³/mol. The molecule has 2 aromatic carbocycles. The second-order valence-electron chi connectivity index (χ2n) is 10.3. The van der Waals surface area contributed by atoms with Crippen molar-refractivity contribution < 1.29 is 14.6 Å². The van der Waals surface area contributed by atoms with Gasteiger partial charge >= 0.3 is 5.97 Å². The van der Waals surface area contributed by atoms with E-state index in [0.717, 1.165) is 16.7 Å². The Morgan fingerprint density at radius 1 is 1.09 bits per heavy atom. The maximum atomic E-state index is 13.8. The zero-order chi connectivity index (χ0) is 31.1. The van der Waals surface area contributed by atoms with Gasteiger partial charge in [0.05, 0.1) is 50.7 Å². The lowest BCUT2D eigenvalue weighted by molar-refractivity contribution is 0.0699. The number of ether oxygens (including phenoxy) is 1. The Morgan fingerprint density at radius 3 is 2.59 bits per heavy atom. The number of halogens is 1. The third-order valence-electron chi connectivity index (χ3n) is 7.31. The number of nitriles is 1. The molecule has 1 N–H and O–H groups in total. The monoisotopic (exact) mass is 621 g/mol. The van der Waals surface area contributed by atoms with Crippen LogP contribution in [-0.2, 0) is 6.54 Å². The normalized spacial score (nSPS) is 11.2. The number of carbonyl (C=O) groups is 1. The molecule has 4 aromatic heterocycles. The smallest absolute Gasteiger partial charge is 0.338 e. The van der Waals surface area contributed by atoms with Crippen LogP contribution < -0.4 is 10.3 Å². The van der Waals surface area contributed by atoms with E-state index in [1.807, 2.05) is 37.3 Å². The number of hydrogen-bond acceptors (Lipinski definition) is 8. The molecule has 9 nitrogen and oxygen atoms in total. The molecule has 6 rings (SSSR count). The van der Waals surface area contributed by atoms with Gasteiger partial charge in [-0.15, -0.1) is 11.3 Å². The summed E-state index contributed by atoms with van der Waals surface area (Å²) in [5.74, 6) is -0.0777. The van der Waals surface area contributed by atoms with Crippen LogP contribution in [0.15, 0.2) is 64.9 Å². The number of carboxylic acid groups (broad SMARTS) is 1. The zero-order valence-electron chi connectivity index (χ0n) is 23.9. The zero-order valence-corrected chi connectivity index (χ0v) is 25.5. The maximum Gasteiger partial charge on any atom is 0.338 e. The number of benzene rings is 2. The number of rotatable bonds is 7. The molecular weight excluding hydrogens is 598 g/mol. The number of aromatic carboxylic acids is 1. The molecule has 11 heteroatoms. The number of nitrogens with zero attached hydrogens (tertiary/aromatic N) is 5. The molecule has 0 radical (unpaired) electrons. The van der Waals surface area contributed by atoms with Crippen molar-refractivity contribution in [2.75, 3.05) is 6.61 Å². The molecule has 0 saturated heterocycles. The van der Waals surface area contributed by atoms with E-state index in [-0.39, 0.29) is 35.2 Å². The molecule has 0 spiro atoms. The van der Waals surface area contributed by atoms with Crippen LogP contribution in [0, 0.1) is 32.1 Å². The van der Waals surface area contributed by atoms with Crippen molar-refractivity contribution in [1.29, 1.82) is 5.26 Å². The van der Waals surface area contributed by atoms with Gasteiger partial charge in [-0.1, -0.05) is 41.4 Å². The predicted octanol–water partition coefficient (Wildman–Crippen LogP) is 6.96. The Kier molecular flexibility index (Phi) is 7.59. The van der Waals surface area contributed by atoms with Gasteiger partial charge in [-0.3, -0.25) is 19.3 Å². The Hall–Kier alpha value is -5.11. The average Bonchev–Trinajstić information content (AvgIpc) is 3.43. The number of aromatic nitrogens is 4. The SMILES string of the molecule is Cc1ccc(-c2ncc3nc(C)n(CCOc4ccc(Cl)cc4-c4cc(C)nc5c(C(=O)O)csc45)c(=O)c3c2C#N)cc1. The molecule has 218 valence electrons. The summed E-state index contributed by atoms with van der Waals surface area (Å²) in [6.45, 7) is 5.77. The Bertz CT molecular complexity index is 2220. The second kappa shape index (κ2) is 11.5. The maximum absolute atomic E-state index is 13.8. The summed E-state index contributed by atoms with van der Waals surface area (Å²) in [6.07, 6.45) is 1.53. The first-order valence-electron chi connectivity index (χ1n) is 13.6. The largest absolute Gasteiger partial charge is 0.491 e. The fourth-order valence-corrected chi connectivity index (χ4v) is 6.38. The van der Waals surface area contributed by atoms with Crippen LogP contribution in [0.25, 0.3) is 43.5 Å². The van der Waals surface area contributed by atoms with Crippen LogP contribution in [0.3, 0.4) is 0 Å². The van der Waals surface area contributed by atoms with Crippen LogP contribution >= 0.6 is 22.9 Å². The van der Waals surface area contributed by atoms with E-state index in [9.17, 15) is 20.0 Å². The number of hydrogen-bond donors (Lipinski definition) is 1. The van der Waals surface area contributed by atoms with Crippen LogP contribution in [0.4, 0.5) is 0 Å². The highest BCUT2D eigenvalue weighted by atomic mass is 35.5. The topological polar surface area (TPSA) is 131 Å². The van der Waals surface area contributed by atoms with Crippen molar-refractivity contribution in [2.24, 2.45) is 0 Å². The summed E-state index contributed by atoms with van der Waals surface area (Å²) in [7, 11) is 0. The van der Waals surface area contributed by atoms with Gasteiger partial charge in [-0.05, 0) is 45.0 Å². The Balaban J connectivity index is 1.36. The van der Waals surface area contributed by atoms with E-state index in [1.54, 1.807) is 37.4 Å². The van der Waals surface area contributed by atoms with Gasteiger partial charge in [-0.25, -0.2) is 9.78 Å². The van der Waals surface area contributed by atoms with Gasteiger partial charge in [0.1, 0.15) is 24.3 Å². The van der Waals surface area contributed by atoms with E-state index in [4.69, 9.17) is 16.3 Å². The molecule has 44 heavy (non-hydrogen) atoms. The standard InChI is InChI=1S/C33H24ClN5O4S/c1-17-4-6-20(7-5-17)29-24(14-35)28-26(15-36-29)38-19(3)39(32(28)40)10-11-43-27-9-8-21(34)13-22(27)23-12-18(2)37-30-25(33(41)42)16-44-31(23)30/h4-9,12-13,15-16H,10-11H2,1-3H3,(H,41,42). The van der Waals surface area contributed by atoms with Crippen molar-refractivity contribution in [1.82, 2.24) is 19.5 Å². The number of aryl methyl sites for hydroxylation is 3. The molecule has 6 aromatic rings. The first kappa shape index (κ1) is 29.0. The number of fused-ring (bicyclic) bond motifs is 2. The van der Waals surface area contributed by atoms with Gasteiger partial charge in [-0.2, -0.15) is 5.26 Å². The summed E-state index contributed by atoms with van der Waals surface area (Å²) in [4.78, 5) is 39.1. The molecular formula is C33H24ClN5O4S. The van der Waals surface area contributed by atoms with E-state index in [2.05, 4.69) is 21.0 Å². The van der Waals surface area contributed by atoms with Crippen LogP contribution in [-0.4, -0.2) is 37.2 Å². The van der Waals surface area contributed by atoms with Crippen LogP contribution in [0.1, 0.15) is 33.0 Å². The van der Waals surface area contributed by atoms with E-state index < -0.39 is 5.97 Å². The molecule has 0 unspecified atom stereocenters. The highest BCUT2D eigenvalue weighted by Crippen LogP contribution is 2.40. The first-order valence-corrected chi connectivity index (χ1v) is 14.8. The van der Waals surface area contributed by atoms with Gasteiger partial charge in [0, 0.05) is 32.8 Å². The quantitative estimate of drug-likeness (QED) is 0.202. The number of pyridine rings is 2. The van der Waals surface area contributed by atoms with Crippen LogP contribution in [0.2, 0.25) is 5.02 Å². The van der Waals surface area contributed by atoms with Gasteiger partial charge in [0.2, 0.25) is 0 Å². The summed E-state index contributed by atoms with van der Waals surface area (Å²) in [6, 6.07) is 16.9. The Labute approximate surface area is 260 Å². The van der Waals surface area contributed by atoms with Crippen molar-refractivity contribution in [3.8, 4) is 34.2 Å². The third-order valence-corrected chi connectivity index (χ3v) is 8.55. The lowest BCUT2D eigenvalue weighted by Crippen LogP contribution is -2.27. The van der Waals surface area contributed by atoms with Crippen molar-refractivity contribution in [3.63, 3.8) is 0 Å². The lowest BCUT2D eigenvalue weighted by Gasteiger charge is -2.16. The highest BCUT2D eigenvalue weighted by molar-refractivity contribution is 7.18. The molecule has 0 fully saturated rings. The van der Waals surface area contributed by atoms with E-state index in [0.29, 0.717) is 49.3 Å². The molecule has 0 bridgehead atoms. The second-order valence-corrected chi connectivity index (χ2v) is 11.6.